The van der Waals surface area contributed by atoms with Crippen molar-refractivity contribution in [3.63, 3.8) is 0 Å². The smallest absolute Gasteiger partial charge is 0.238 e. The highest BCUT2D eigenvalue weighted by Crippen LogP contribution is 2.37. The molecule has 0 spiro atoms. The van der Waals surface area contributed by atoms with Gasteiger partial charge in [0.05, 0.1) is 25.8 Å². The van der Waals surface area contributed by atoms with E-state index in [2.05, 4.69) is 63.0 Å². The minimum absolute atomic E-state index is 0.0329. The summed E-state index contributed by atoms with van der Waals surface area (Å²) in [6.45, 7) is 5.75. The average molecular weight is 448 g/mol. The lowest BCUT2D eigenvalue weighted by atomic mass is 9.93. The molecule has 3 aromatic rings. The molecule has 32 heavy (non-hydrogen) atoms. The Kier molecular flexibility index (Phi) is 6.64. The third-order valence-electron chi connectivity index (χ3n) is 6.28. The Labute approximate surface area is 193 Å². The maximum Gasteiger partial charge on any atom is 0.238 e. The molecule has 6 heteroatoms. The van der Waals surface area contributed by atoms with Crippen LogP contribution < -0.4 is 5.32 Å². The molecule has 1 N–H and O–H groups in total. The van der Waals surface area contributed by atoms with Crippen LogP contribution in [-0.2, 0) is 22.5 Å². The summed E-state index contributed by atoms with van der Waals surface area (Å²) < 4.78 is 5.42. The van der Waals surface area contributed by atoms with Crippen LogP contribution in [0.3, 0.4) is 0 Å². The van der Waals surface area contributed by atoms with E-state index in [1.54, 1.807) is 0 Å². The van der Waals surface area contributed by atoms with Crippen molar-refractivity contribution in [3.05, 3.63) is 87.6 Å². The summed E-state index contributed by atoms with van der Waals surface area (Å²) in [6.07, 6.45) is 1.000. The van der Waals surface area contributed by atoms with Crippen LogP contribution in [0.2, 0.25) is 0 Å². The van der Waals surface area contributed by atoms with Crippen molar-refractivity contribution in [2.45, 2.75) is 19.0 Å². The second-order valence-corrected chi connectivity index (χ2v) is 9.47. The summed E-state index contributed by atoms with van der Waals surface area (Å²) in [5.41, 5.74) is 4.69. The molecule has 0 unspecified atom stereocenters. The van der Waals surface area contributed by atoms with Crippen molar-refractivity contribution in [1.82, 2.24) is 9.80 Å². The van der Waals surface area contributed by atoms with E-state index < -0.39 is 0 Å². The Morgan fingerprint density at radius 1 is 1.00 bits per heavy atom. The molecule has 0 radical (unpaired) electrons. The molecular formula is C26H29N3O2S. The number of rotatable bonds is 6. The Morgan fingerprint density at radius 2 is 1.78 bits per heavy atom. The second kappa shape index (κ2) is 9.96. The molecule has 3 heterocycles. The molecule has 1 saturated heterocycles. The van der Waals surface area contributed by atoms with Gasteiger partial charge in [-0.15, -0.1) is 11.3 Å². The monoisotopic (exact) mass is 447 g/mol. The van der Waals surface area contributed by atoms with Gasteiger partial charge in [0.2, 0.25) is 5.91 Å². The molecule has 166 valence electrons. The van der Waals surface area contributed by atoms with Crippen LogP contribution in [-0.4, -0.2) is 55.1 Å². The fourth-order valence-electron chi connectivity index (χ4n) is 4.66. The molecule has 1 fully saturated rings. The first-order valence-electron chi connectivity index (χ1n) is 11.3. The van der Waals surface area contributed by atoms with Gasteiger partial charge in [0.1, 0.15) is 0 Å². The lowest BCUT2D eigenvalue weighted by molar-refractivity contribution is -0.117. The minimum Gasteiger partial charge on any atom is -0.379 e. The number of nitrogens with one attached hydrogen (secondary N) is 1. The number of amides is 1. The largest absolute Gasteiger partial charge is 0.379 e. The molecule has 0 aliphatic carbocycles. The molecule has 5 nitrogen and oxygen atoms in total. The summed E-state index contributed by atoms with van der Waals surface area (Å²) in [7, 11) is 0. The number of carbonyl (C=O) groups is 1. The van der Waals surface area contributed by atoms with Gasteiger partial charge in [-0.05, 0) is 46.7 Å². The zero-order valence-corrected chi connectivity index (χ0v) is 19.0. The van der Waals surface area contributed by atoms with E-state index in [-0.39, 0.29) is 11.9 Å². The number of morpholine rings is 1. The summed E-state index contributed by atoms with van der Waals surface area (Å²) in [5, 5.41) is 5.27. The number of hydrogen-bond acceptors (Lipinski definition) is 5. The fourth-order valence-corrected chi connectivity index (χ4v) is 5.56. The number of ether oxygens (including phenoxy) is 1. The molecule has 1 amide bonds. The van der Waals surface area contributed by atoms with Crippen molar-refractivity contribution in [1.29, 1.82) is 0 Å². The molecule has 2 aromatic carbocycles. The summed E-state index contributed by atoms with van der Waals surface area (Å²) in [5.74, 6) is 0.0329. The van der Waals surface area contributed by atoms with Crippen LogP contribution in [0.4, 0.5) is 5.69 Å². The molecule has 2 aliphatic heterocycles. The van der Waals surface area contributed by atoms with E-state index in [0.29, 0.717) is 6.54 Å². The third-order valence-corrected chi connectivity index (χ3v) is 7.27. The first-order chi connectivity index (χ1) is 15.8. The van der Waals surface area contributed by atoms with E-state index in [1.165, 1.54) is 21.6 Å². The minimum atomic E-state index is 0.0329. The van der Waals surface area contributed by atoms with E-state index in [0.717, 1.165) is 51.5 Å². The lowest BCUT2D eigenvalue weighted by Gasteiger charge is -2.35. The lowest BCUT2D eigenvalue weighted by Crippen LogP contribution is -2.40. The normalized spacial score (nSPS) is 19.4. The number of nitrogens with zero attached hydrogens (tertiary/aromatic N) is 2. The van der Waals surface area contributed by atoms with E-state index in [4.69, 9.17) is 4.74 Å². The number of anilines is 1. The predicted molar refractivity (Wildman–Crippen MR) is 129 cm³/mol. The Hall–Kier alpha value is -2.51. The molecular weight excluding hydrogens is 418 g/mol. The number of thiophene rings is 1. The van der Waals surface area contributed by atoms with Crippen molar-refractivity contribution in [3.8, 4) is 0 Å². The topological polar surface area (TPSA) is 44.8 Å². The highest BCUT2D eigenvalue weighted by molar-refractivity contribution is 7.10. The SMILES string of the molecule is O=C(CN1CCc2sccc2[C@H]1c1ccccc1)Nc1ccc(CN2CCOCC2)cc1. The maximum atomic E-state index is 12.9. The highest BCUT2D eigenvalue weighted by atomic mass is 32.1. The van der Waals surface area contributed by atoms with Crippen LogP contribution in [0.15, 0.2) is 66.0 Å². The molecule has 0 bridgehead atoms. The van der Waals surface area contributed by atoms with Gasteiger partial charge in [0, 0.05) is 36.7 Å². The van der Waals surface area contributed by atoms with Gasteiger partial charge in [-0.25, -0.2) is 0 Å². The van der Waals surface area contributed by atoms with Gasteiger partial charge >= 0.3 is 0 Å². The number of carbonyl (C=O) groups excluding carboxylic acids is 1. The van der Waals surface area contributed by atoms with Gasteiger partial charge < -0.3 is 10.1 Å². The Balaban J connectivity index is 1.23. The van der Waals surface area contributed by atoms with Crippen molar-refractivity contribution < 1.29 is 9.53 Å². The third kappa shape index (κ3) is 4.94. The van der Waals surface area contributed by atoms with Gasteiger partial charge in [-0.2, -0.15) is 0 Å². The van der Waals surface area contributed by atoms with Gasteiger partial charge in [-0.3, -0.25) is 14.6 Å². The number of benzene rings is 2. The van der Waals surface area contributed by atoms with Crippen LogP contribution in [0.25, 0.3) is 0 Å². The molecule has 5 rings (SSSR count). The summed E-state index contributed by atoms with van der Waals surface area (Å²) in [4.78, 5) is 19.1. The standard InChI is InChI=1S/C26H29N3O2S/c30-25(27-22-8-6-20(7-9-22)18-28-13-15-31-16-14-28)19-29-12-10-24-23(11-17-32-24)26(29)21-4-2-1-3-5-21/h1-9,11,17,26H,10,12-16,18-19H2,(H,27,30)/t26-/m1/s1. The van der Waals surface area contributed by atoms with Gasteiger partial charge in [-0.1, -0.05) is 42.5 Å². The van der Waals surface area contributed by atoms with E-state index in [9.17, 15) is 4.79 Å². The predicted octanol–water partition coefficient (Wildman–Crippen LogP) is 4.17. The van der Waals surface area contributed by atoms with E-state index in [1.807, 2.05) is 29.5 Å². The molecule has 1 aromatic heterocycles. The van der Waals surface area contributed by atoms with Crippen LogP contribution in [0.5, 0.6) is 0 Å². The fraction of sp³-hybridized carbons (Fsp3) is 0.346. The Bertz CT molecular complexity index is 1030. The van der Waals surface area contributed by atoms with Crippen LogP contribution in [0.1, 0.15) is 27.6 Å². The first-order valence-corrected chi connectivity index (χ1v) is 12.2. The Morgan fingerprint density at radius 3 is 2.56 bits per heavy atom. The maximum absolute atomic E-state index is 12.9. The zero-order valence-electron chi connectivity index (χ0n) is 18.2. The van der Waals surface area contributed by atoms with Crippen LogP contribution >= 0.6 is 11.3 Å². The number of fused-ring (bicyclic) bond motifs is 1. The van der Waals surface area contributed by atoms with Gasteiger partial charge in [0.25, 0.3) is 0 Å². The molecule has 0 saturated carbocycles. The van der Waals surface area contributed by atoms with Gasteiger partial charge in [0.15, 0.2) is 0 Å². The van der Waals surface area contributed by atoms with Crippen molar-refractivity contribution in [2.75, 3.05) is 44.7 Å². The molecule has 1 atom stereocenters. The van der Waals surface area contributed by atoms with E-state index >= 15 is 0 Å². The van der Waals surface area contributed by atoms with Crippen LogP contribution in [0, 0.1) is 0 Å². The number of hydrogen-bond donors (Lipinski definition) is 1. The second-order valence-electron chi connectivity index (χ2n) is 8.47. The quantitative estimate of drug-likeness (QED) is 0.616. The van der Waals surface area contributed by atoms with Crippen molar-refractivity contribution in [2.24, 2.45) is 0 Å². The molecule has 2 aliphatic rings. The zero-order chi connectivity index (χ0) is 21.8. The summed E-state index contributed by atoms with van der Waals surface area (Å²) >= 11 is 1.82. The van der Waals surface area contributed by atoms with Crippen molar-refractivity contribution >= 4 is 22.9 Å². The average Bonchev–Trinajstić information content (AvgIpc) is 3.30. The highest BCUT2D eigenvalue weighted by Gasteiger charge is 2.30. The summed E-state index contributed by atoms with van der Waals surface area (Å²) in [6, 6.07) is 21.1. The first kappa shape index (κ1) is 21.3.